The van der Waals surface area contributed by atoms with Gasteiger partial charge in [-0.2, -0.15) is 0 Å². The van der Waals surface area contributed by atoms with Crippen molar-refractivity contribution < 1.29 is 14.2 Å². The Bertz CT molecular complexity index is 291. The molecule has 0 saturated carbocycles. The van der Waals surface area contributed by atoms with Crippen LogP contribution >= 0.6 is 11.6 Å². The Morgan fingerprint density at radius 2 is 2.31 bits per heavy atom. The van der Waals surface area contributed by atoms with Crippen LogP contribution in [-0.4, -0.2) is 17.8 Å². The van der Waals surface area contributed by atoms with E-state index >= 15 is 0 Å². The minimum Gasteiger partial charge on any atom is -0.488 e. The smallest absolute Gasteiger partial charge is 0.142 e. The molecule has 72 valence electrons. The summed E-state index contributed by atoms with van der Waals surface area (Å²) < 4.78 is 17.9. The van der Waals surface area contributed by atoms with Crippen molar-refractivity contribution in [2.75, 3.05) is 6.61 Å². The molecule has 0 amide bonds. The zero-order valence-electron chi connectivity index (χ0n) is 7.13. The predicted octanol–water partition coefficient (Wildman–Crippen LogP) is 2.24. The first-order valence-electron chi connectivity index (χ1n) is 3.86. The molecule has 0 saturated heterocycles. The Labute approximate surface area is 80.9 Å². The van der Waals surface area contributed by atoms with Gasteiger partial charge < -0.3 is 9.84 Å². The minimum absolute atomic E-state index is 0.0163. The molecule has 0 radical (unpaired) electrons. The predicted molar refractivity (Wildman–Crippen MR) is 48.6 cm³/mol. The van der Waals surface area contributed by atoms with Crippen LogP contribution < -0.4 is 4.74 Å². The standard InChI is InChI=1S/C9H10ClFO2/c1-6(5-12)13-7-2-3-9(11)8(10)4-7/h2-4,6,12H,5H2,1H3. The summed E-state index contributed by atoms with van der Waals surface area (Å²) in [4.78, 5) is 0. The van der Waals surface area contributed by atoms with Crippen molar-refractivity contribution in [1.82, 2.24) is 0 Å². The highest BCUT2D eigenvalue weighted by Crippen LogP contribution is 2.21. The van der Waals surface area contributed by atoms with E-state index in [-0.39, 0.29) is 17.7 Å². The van der Waals surface area contributed by atoms with Crippen LogP contribution in [0, 0.1) is 5.82 Å². The molecule has 0 fully saturated rings. The largest absolute Gasteiger partial charge is 0.488 e. The van der Waals surface area contributed by atoms with Crippen molar-refractivity contribution in [1.29, 1.82) is 0 Å². The Balaban J connectivity index is 2.73. The maximum Gasteiger partial charge on any atom is 0.142 e. The van der Waals surface area contributed by atoms with Crippen LogP contribution in [0.25, 0.3) is 0 Å². The summed E-state index contributed by atoms with van der Waals surface area (Å²) in [6.45, 7) is 1.62. The van der Waals surface area contributed by atoms with Crippen molar-refractivity contribution in [3.63, 3.8) is 0 Å². The molecule has 1 atom stereocenters. The maximum atomic E-state index is 12.7. The fraction of sp³-hybridized carbons (Fsp3) is 0.333. The lowest BCUT2D eigenvalue weighted by Gasteiger charge is -2.11. The van der Waals surface area contributed by atoms with Gasteiger partial charge in [-0.25, -0.2) is 4.39 Å². The number of ether oxygens (including phenoxy) is 1. The average Bonchev–Trinajstić information content (AvgIpc) is 2.11. The number of hydrogen-bond donors (Lipinski definition) is 1. The van der Waals surface area contributed by atoms with Gasteiger partial charge in [0.2, 0.25) is 0 Å². The average molecular weight is 205 g/mol. The van der Waals surface area contributed by atoms with Crippen LogP contribution in [-0.2, 0) is 0 Å². The van der Waals surface area contributed by atoms with Crippen molar-refractivity contribution >= 4 is 11.6 Å². The van der Waals surface area contributed by atoms with Crippen LogP contribution in [0.2, 0.25) is 5.02 Å². The van der Waals surface area contributed by atoms with Crippen molar-refractivity contribution in [2.45, 2.75) is 13.0 Å². The highest BCUT2D eigenvalue weighted by atomic mass is 35.5. The third-order valence-corrected chi connectivity index (χ3v) is 1.78. The summed E-state index contributed by atoms with van der Waals surface area (Å²) in [7, 11) is 0. The molecule has 0 aliphatic rings. The second-order valence-electron chi connectivity index (χ2n) is 2.69. The van der Waals surface area contributed by atoms with E-state index in [1.165, 1.54) is 18.2 Å². The summed E-state index contributed by atoms with van der Waals surface area (Å²) in [6.07, 6.45) is -0.318. The molecule has 4 heteroatoms. The Morgan fingerprint density at radius 1 is 1.62 bits per heavy atom. The van der Waals surface area contributed by atoms with Gasteiger partial charge in [0.15, 0.2) is 0 Å². The van der Waals surface area contributed by atoms with Gasteiger partial charge in [-0.15, -0.1) is 0 Å². The van der Waals surface area contributed by atoms with Crippen LogP contribution in [0.5, 0.6) is 5.75 Å². The van der Waals surface area contributed by atoms with E-state index in [0.717, 1.165) is 0 Å². The molecule has 1 aromatic carbocycles. The number of aliphatic hydroxyl groups excluding tert-OH is 1. The summed E-state index contributed by atoms with van der Waals surface area (Å²) >= 11 is 5.52. The molecule has 0 aliphatic heterocycles. The van der Waals surface area contributed by atoms with E-state index in [0.29, 0.717) is 5.75 Å². The molecule has 2 nitrogen and oxygen atoms in total. The van der Waals surface area contributed by atoms with E-state index < -0.39 is 5.82 Å². The van der Waals surface area contributed by atoms with Gasteiger partial charge in [0, 0.05) is 6.07 Å². The van der Waals surface area contributed by atoms with E-state index in [1.807, 2.05) is 0 Å². The van der Waals surface area contributed by atoms with E-state index in [9.17, 15) is 4.39 Å². The van der Waals surface area contributed by atoms with E-state index in [1.54, 1.807) is 6.92 Å². The fourth-order valence-corrected chi connectivity index (χ4v) is 0.990. The number of hydrogen-bond acceptors (Lipinski definition) is 2. The van der Waals surface area contributed by atoms with Gasteiger partial charge >= 0.3 is 0 Å². The molecule has 0 heterocycles. The first-order chi connectivity index (χ1) is 6.13. The number of aliphatic hydroxyl groups is 1. The minimum atomic E-state index is -0.481. The maximum absolute atomic E-state index is 12.7. The van der Waals surface area contributed by atoms with Crippen molar-refractivity contribution in [3.8, 4) is 5.75 Å². The van der Waals surface area contributed by atoms with Crippen LogP contribution in [0.15, 0.2) is 18.2 Å². The molecular weight excluding hydrogens is 195 g/mol. The lowest BCUT2D eigenvalue weighted by molar-refractivity contribution is 0.129. The Morgan fingerprint density at radius 3 is 2.85 bits per heavy atom. The van der Waals surface area contributed by atoms with Crippen molar-refractivity contribution in [2.24, 2.45) is 0 Å². The second-order valence-corrected chi connectivity index (χ2v) is 3.09. The number of rotatable bonds is 3. The van der Waals surface area contributed by atoms with Gasteiger partial charge in [0.1, 0.15) is 17.7 Å². The quantitative estimate of drug-likeness (QED) is 0.818. The molecule has 1 N–H and O–H groups in total. The lowest BCUT2D eigenvalue weighted by Crippen LogP contribution is -2.16. The summed E-state index contributed by atoms with van der Waals surface area (Å²) in [5.74, 6) is -0.0291. The van der Waals surface area contributed by atoms with E-state index in [2.05, 4.69) is 0 Å². The van der Waals surface area contributed by atoms with Crippen LogP contribution in [0.1, 0.15) is 6.92 Å². The molecule has 1 rings (SSSR count). The molecule has 0 bridgehead atoms. The van der Waals surface area contributed by atoms with Gasteiger partial charge in [0.25, 0.3) is 0 Å². The zero-order chi connectivity index (χ0) is 9.84. The Hall–Kier alpha value is -0.800. The lowest BCUT2D eigenvalue weighted by atomic mass is 10.3. The monoisotopic (exact) mass is 204 g/mol. The number of benzene rings is 1. The third-order valence-electron chi connectivity index (χ3n) is 1.49. The SMILES string of the molecule is CC(CO)Oc1ccc(F)c(Cl)c1. The molecule has 13 heavy (non-hydrogen) atoms. The summed E-state index contributed by atoms with van der Waals surface area (Å²) in [5.41, 5.74) is 0. The summed E-state index contributed by atoms with van der Waals surface area (Å²) in [6, 6.07) is 4.07. The van der Waals surface area contributed by atoms with Gasteiger partial charge in [-0.1, -0.05) is 11.6 Å². The molecule has 0 aromatic heterocycles. The van der Waals surface area contributed by atoms with E-state index in [4.69, 9.17) is 21.4 Å². The molecule has 1 aromatic rings. The van der Waals surface area contributed by atoms with Crippen LogP contribution in [0.3, 0.4) is 0 Å². The first kappa shape index (κ1) is 10.3. The second kappa shape index (κ2) is 4.44. The van der Waals surface area contributed by atoms with Crippen molar-refractivity contribution in [3.05, 3.63) is 29.0 Å². The van der Waals surface area contributed by atoms with Gasteiger partial charge in [-0.05, 0) is 19.1 Å². The highest BCUT2D eigenvalue weighted by Gasteiger charge is 2.04. The topological polar surface area (TPSA) is 29.5 Å². The van der Waals surface area contributed by atoms with Gasteiger partial charge in [-0.3, -0.25) is 0 Å². The Kier molecular flexibility index (Phi) is 3.51. The first-order valence-corrected chi connectivity index (χ1v) is 4.24. The molecular formula is C9H10ClFO2. The normalized spacial score (nSPS) is 12.6. The summed E-state index contributed by atoms with van der Waals surface area (Å²) in [5, 5.41) is 8.70. The highest BCUT2D eigenvalue weighted by molar-refractivity contribution is 6.30. The number of halogens is 2. The molecule has 0 aliphatic carbocycles. The third kappa shape index (κ3) is 2.86. The molecule has 1 unspecified atom stereocenters. The molecule has 0 spiro atoms. The van der Waals surface area contributed by atoms with Crippen LogP contribution in [0.4, 0.5) is 4.39 Å². The zero-order valence-corrected chi connectivity index (χ0v) is 7.88. The van der Waals surface area contributed by atoms with Gasteiger partial charge in [0.05, 0.1) is 11.6 Å². The fourth-order valence-electron chi connectivity index (χ4n) is 0.820.